The number of thioether (sulfide) groups is 1. The first kappa shape index (κ1) is 14.5. The molecule has 5 nitrogen and oxygen atoms in total. The van der Waals surface area contributed by atoms with Crippen LogP contribution in [0.5, 0.6) is 0 Å². The first-order chi connectivity index (χ1) is 10.3. The van der Waals surface area contributed by atoms with Crippen molar-refractivity contribution in [2.75, 3.05) is 18.1 Å². The number of hydrogen-bond acceptors (Lipinski definition) is 6. The molecule has 0 spiro atoms. The summed E-state index contributed by atoms with van der Waals surface area (Å²) in [6.45, 7) is 5.19. The molecule has 0 aromatic carbocycles. The van der Waals surface area contributed by atoms with Gasteiger partial charge in [-0.15, -0.1) is 0 Å². The van der Waals surface area contributed by atoms with Crippen LogP contribution in [0.3, 0.4) is 0 Å². The van der Waals surface area contributed by atoms with Gasteiger partial charge in [-0.05, 0) is 24.6 Å². The fourth-order valence-corrected chi connectivity index (χ4v) is 4.04. The minimum Gasteiger partial charge on any atom is -0.339 e. The maximum absolute atomic E-state index is 5.52. The third-order valence-corrected chi connectivity index (χ3v) is 4.98. The molecule has 112 valence electrons. The molecule has 2 aromatic rings. The van der Waals surface area contributed by atoms with E-state index in [1.54, 1.807) is 6.20 Å². The van der Waals surface area contributed by atoms with Crippen molar-refractivity contribution >= 4 is 11.8 Å². The van der Waals surface area contributed by atoms with E-state index >= 15 is 0 Å². The molecule has 1 fully saturated rings. The highest BCUT2D eigenvalue weighted by Gasteiger charge is 2.33. The molecule has 0 bridgehead atoms. The largest absolute Gasteiger partial charge is 0.339 e. The minimum absolute atomic E-state index is 0.296. The highest BCUT2D eigenvalue weighted by molar-refractivity contribution is 7.99. The Labute approximate surface area is 128 Å². The topological polar surface area (TPSA) is 63.8 Å². The fourth-order valence-electron chi connectivity index (χ4n) is 2.67. The number of hydrogen-bond donors (Lipinski definition) is 1. The van der Waals surface area contributed by atoms with Gasteiger partial charge < -0.3 is 9.84 Å². The van der Waals surface area contributed by atoms with Gasteiger partial charge in [0.2, 0.25) is 11.7 Å². The highest BCUT2D eigenvalue weighted by atomic mass is 32.2. The Morgan fingerprint density at radius 2 is 2.29 bits per heavy atom. The van der Waals surface area contributed by atoms with Crippen molar-refractivity contribution in [1.82, 2.24) is 20.4 Å². The smallest absolute Gasteiger partial charge is 0.232 e. The summed E-state index contributed by atoms with van der Waals surface area (Å²) in [7, 11) is 0. The lowest BCUT2D eigenvalue weighted by Crippen LogP contribution is -2.34. The van der Waals surface area contributed by atoms with Crippen LogP contribution in [0.15, 0.2) is 22.9 Å². The second-order valence-electron chi connectivity index (χ2n) is 5.13. The fraction of sp³-hybridized carbons (Fsp3) is 0.533. The van der Waals surface area contributed by atoms with E-state index in [4.69, 9.17) is 4.52 Å². The Morgan fingerprint density at radius 3 is 3.10 bits per heavy atom. The Bertz CT molecular complexity index is 601. The van der Waals surface area contributed by atoms with Crippen LogP contribution < -0.4 is 5.32 Å². The third kappa shape index (κ3) is 2.96. The predicted octanol–water partition coefficient (Wildman–Crippen LogP) is 2.50. The molecule has 1 saturated heterocycles. The lowest BCUT2D eigenvalue weighted by molar-refractivity contribution is 0.340. The molecule has 1 aliphatic heterocycles. The van der Waals surface area contributed by atoms with Crippen molar-refractivity contribution in [3.63, 3.8) is 0 Å². The van der Waals surface area contributed by atoms with Crippen LogP contribution in [0.4, 0.5) is 0 Å². The molecule has 1 aliphatic rings. The molecule has 2 atom stereocenters. The van der Waals surface area contributed by atoms with Gasteiger partial charge >= 0.3 is 0 Å². The molecule has 0 radical (unpaired) electrons. The number of nitrogens with zero attached hydrogens (tertiary/aromatic N) is 3. The average Bonchev–Trinajstić information content (AvgIpc) is 3.16. The molecule has 0 aliphatic carbocycles. The summed E-state index contributed by atoms with van der Waals surface area (Å²) < 4.78 is 5.52. The molecule has 3 heterocycles. The molecule has 1 N–H and O–H groups in total. The lowest BCUT2D eigenvalue weighted by atomic mass is 10.0. The van der Waals surface area contributed by atoms with E-state index in [1.807, 2.05) is 17.8 Å². The van der Waals surface area contributed by atoms with Gasteiger partial charge in [0.1, 0.15) is 5.69 Å². The highest BCUT2D eigenvalue weighted by Crippen LogP contribution is 2.33. The van der Waals surface area contributed by atoms with Crippen molar-refractivity contribution in [2.24, 2.45) is 0 Å². The van der Waals surface area contributed by atoms with Crippen LogP contribution >= 0.6 is 11.8 Å². The van der Waals surface area contributed by atoms with Gasteiger partial charge in [0.15, 0.2) is 0 Å². The summed E-state index contributed by atoms with van der Waals surface area (Å²) >= 11 is 1.93. The quantitative estimate of drug-likeness (QED) is 0.915. The maximum atomic E-state index is 5.52. The van der Waals surface area contributed by atoms with E-state index < -0.39 is 0 Å². The zero-order valence-electron chi connectivity index (χ0n) is 12.4. The summed E-state index contributed by atoms with van der Waals surface area (Å²) in [6.07, 6.45) is 2.68. The van der Waals surface area contributed by atoms with E-state index in [0.717, 1.165) is 41.6 Å². The number of aromatic nitrogens is 3. The monoisotopic (exact) mass is 304 g/mol. The molecule has 3 rings (SSSR count). The predicted molar refractivity (Wildman–Crippen MR) is 84.4 cm³/mol. The van der Waals surface area contributed by atoms with Crippen molar-refractivity contribution in [2.45, 2.75) is 32.2 Å². The van der Waals surface area contributed by atoms with Gasteiger partial charge in [0, 0.05) is 23.7 Å². The van der Waals surface area contributed by atoms with Crippen LogP contribution in [-0.4, -0.2) is 39.2 Å². The van der Waals surface area contributed by atoms with E-state index in [0.29, 0.717) is 17.8 Å². The van der Waals surface area contributed by atoms with Gasteiger partial charge in [0.05, 0.1) is 5.92 Å². The molecule has 2 unspecified atom stereocenters. The molecule has 6 heteroatoms. The zero-order valence-corrected chi connectivity index (χ0v) is 13.2. The van der Waals surface area contributed by atoms with Gasteiger partial charge in [-0.3, -0.25) is 4.98 Å². The van der Waals surface area contributed by atoms with Gasteiger partial charge in [0.25, 0.3) is 0 Å². The average molecular weight is 304 g/mol. The zero-order chi connectivity index (χ0) is 14.7. The van der Waals surface area contributed by atoms with Crippen LogP contribution in [0.1, 0.15) is 31.2 Å². The van der Waals surface area contributed by atoms with Crippen molar-refractivity contribution in [3.8, 4) is 11.5 Å². The number of likely N-dealkylation sites (N-methyl/N-ethyl adjacent to an activating group) is 1. The number of nitrogens with one attached hydrogen (secondary N) is 1. The Morgan fingerprint density at radius 1 is 1.38 bits per heavy atom. The van der Waals surface area contributed by atoms with Crippen molar-refractivity contribution in [3.05, 3.63) is 29.8 Å². The van der Waals surface area contributed by atoms with Crippen LogP contribution in [0, 0.1) is 0 Å². The second kappa shape index (κ2) is 6.58. The Balaban J connectivity index is 1.86. The summed E-state index contributed by atoms with van der Waals surface area (Å²) in [6, 6.07) is 4.42. The minimum atomic E-state index is 0.296. The lowest BCUT2D eigenvalue weighted by Gasteiger charge is -2.15. The SMILES string of the molecule is CCNC1CSCC1c1nc(-c2ncccc2CC)no1. The summed E-state index contributed by atoms with van der Waals surface area (Å²) in [5.41, 5.74) is 1.98. The standard InChI is InChI=1S/C15H20N4OS/c1-3-10-6-5-7-17-13(10)14-18-15(20-19-14)11-8-21-9-12(11)16-4-2/h5-7,11-12,16H,3-4,8-9H2,1-2H3. The van der Waals surface area contributed by atoms with Crippen LogP contribution in [0.2, 0.25) is 0 Å². The van der Waals surface area contributed by atoms with E-state index in [-0.39, 0.29) is 0 Å². The maximum Gasteiger partial charge on any atom is 0.232 e. The van der Waals surface area contributed by atoms with E-state index in [2.05, 4.69) is 40.4 Å². The third-order valence-electron chi connectivity index (χ3n) is 3.79. The Hall–Kier alpha value is -1.40. The van der Waals surface area contributed by atoms with Crippen LogP contribution in [0.25, 0.3) is 11.5 Å². The second-order valence-corrected chi connectivity index (χ2v) is 6.20. The normalized spacial score (nSPS) is 21.8. The molecular weight excluding hydrogens is 284 g/mol. The number of aryl methyl sites for hydroxylation is 1. The first-order valence-corrected chi connectivity index (χ1v) is 8.58. The van der Waals surface area contributed by atoms with Gasteiger partial charge in [-0.2, -0.15) is 16.7 Å². The van der Waals surface area contributed by atoms with Gasteiger partial charge in [-0.1, -0.05) is 25.1 Å². The van der Waals surface area contributed by atoms with Gasteiger partial charge in [-0.25, -0.2) is 0 Å². The molecule has 2 aromatic heterocycles. The van der Waals surface area contributed by atoms with E-state index in [9.17, 15) is 0 Å². The summed E-state index contributed by atoms with van der Waals surface area (Å²) in [4.78, 5) is 9.02. The molecule has 0 amide bonds. The van der Waals surface area contributed by atoms with Crippen molar-refractivity contribution < 1.29 is 4.52 Å². The Kier molecular flexibility index (Phi) is 4.55. The molecular formula is C15H20N4OS. The van der Waals surface area contributed by atoms with E-state index in [1.165, 1.54) is 0 Å². The number of pyridine rings is 1. The van der Waals surface area contributed by atoms with Crippen LogP contribution in [-0.2, 0) is 6.42 Å². The first-order valence-electron chi connectivity index (χ1n) is 7.42. The summed E-state index contributed by atoms with van der Waals surface area (Å²) in [5, 5.41) is 7.65. The number of rotatable bonds is 5. The molecule has 21 heavy (non-hydrogen) atoms. The van der Waals surface area contributed by atoms with Crippen molar-refractivity contribution in [1.29, 1.82) is 0 Å². The summed E-state index contributed by atoms with van der Waals surface area (Å²) in [5.74, 6) is 3.76. The molecule has 0 saturated carbocycles.